The lowest BCUT2D eigenvalue weighted by Crippen LogP contribution is -2.31. The van der Waals surface area contributed by atoms with Crippen molar-refractivity contribution in [2.45, 2.75) is 51.7 Å². The van der Waals surface area contributed by atoms with Gasteiger partial charge in [0, 0.05) is 17.7 Å². The first-order valence-corrected chi connectivity index (χ1v) is 8.45. The Labute approximate surface area is 153 Å². The molecular formula is C16H19ClF3N3O3. The van der Waals surface area contributed by atoms with Crippen molar-refractivity contribution in [2.75, 3.05) is 6.61 Å². The van der Waals surface area contributed by atoms with Crippen molar-refractivity contribution in [3.8, 4) is 0 Å². The third-order valence-corrected chi connectivity index (χ3v) is 4.18. The minimum Gasteiger partial charge on any atom is -0.463 e. The monoisotopic (exact) mass is 393 g/mol. The maximum absolute atomic E-state index is 13.1. The molecule has 6 nitrogen and oxygen atoms in total. The molecule has 10 heteroatoms. The summed E-state index contributed by atoms with van der Waals surface area (Å²) in [7, 11) is 0. The molecule has 1 aromatic heterocycles. The van der Waals surface area contributed by atoms with Crippen LogP contribution in [0.1, 0.15) is 57.0 Å². The van der Waals surface area contributed by atoms with Crippen LogP contribution in [0.5, 0.6) is 0 Å². The van der Waals surface area contributed by atoms with Gasteiger partial charge < -0.3 is 10.1 Å². The Balaban J connectivity index is 2.24. The molecule has 0 aromatic carbocycles. The van der Waals surface area contributed by atoms with Gasteiger partial charge in [-0.2, -0.15) is 18.3 Å². The largest absolute Gasteiger partial charge is 0.463 e. The smallest absolute Gasteiger partial charge is 0.436 e. The van der Waals surface area contributed by atoms with Crippen LogP contribution in [0.15, 0.2) is 11.8 Å². The maximum atomic E-state index is 13.1. The van der Waals surface area contributed by atoms with Crippen LogP contribution in [0.25, 0.3) is 0 Å². The van der Waals surface area contributed by atoms with E-state index in [1.54, 1.807) is 6.92 Å². The number of carbonyl (C=O) groups is 2. The molecule has 1 N–H and O–H groups in total. The number of nitrogens with zero attached hydrogens (tertiary/aromatic N) is 2. The molecular weight excluding hydrogens is 375 g/mol. The number of nitrogens with one attached hydrogen (secondary N) is 1. The molecule has 1 aliphatic carbocycles. The highest BCUT2D eigenvalue weighted by molar-refractivity contribution is 6.32. The summed E-state index contributed by atoms with van der Waals surface area (Å²) in [5.74, 6) is -1.38. The quantitative estimate of drug-likeness (QED) is 0.592. The molecule has 144 valence electrons. The number of allylic oxidation sites excluding steroid dienone is 1. The molecule has 0 spiro atoms. The highest BCUT2D eigenvalue weighted by Gasteiger charge is 2.43. The zero-order chi connectivity index (χ0) is 19.6. The van der Waals surface area contributed by atoms with Crippen molar-refractivity contribution < 1.29 is 27.5 Å². The topological polar surface area (TPSA) is 73.2 Å². The molecule has 0 bridgehead atoms. The molecule has 0 aliphatic heterocycles. The minimum absolute atomic E-state index is 0.141. The van der Waals surface area contributed by atoms with Crippen LogP contribution < -0.4 is 5.32 Å². The first kappa shape index (κ1) is 20.3. The zero-order valence-electron chi connectivity index (χ0n) is 14.5. The normalized spacial score (nSPS) is 16.3. The SMILES string of the molecule is CCOC(=O)/C=C(\C)NC(=O)C(C)n1nc(C(F)(F)F)c(Cl)c1C1CC1. The standard InChI is InChI=1S/C16H19ClF3N3O3/c1-4-26-11(24)7-8(2)21-15(25)9(3)23-13(10-5-6-10)12(17)14(22-23)16(18,19)20/h7,9-10H,4-6H2,1-3H3,(H,21,25)/b8-7+. The number of esters is 1. The van der Waals surface area contributed by atoms with E-state index in [-0.39, 0.29) is 23.9 Å². The molecule has 0 saturated heterocycles. The van der Waals surface area contributed by atoms with E-state index in [1.807, 2.05) is 0 Å². The van der Waals surface area contributed by atoms with Gasteiger partial charge in [0.25, 0.3) is 0 Å². The summed E-state index contributed by atoms with van der Waals surface area (Å²) in [6.07, 6.45) is -2.23. The molecule has 1 saturated carbocycles. The zero-order valence-corrected chi connectivity index (χ0v) is 15.2. The van der Waals surface area contributed by atoms with E-state index in [4.69, 9.17) is 16.3 Å². The Morgan fingerprint density at radius 3 is 2.58 bits per heavy atom. The van der Waals surface area contributed by atoms with Gasteiger partial charge in [-0.25, -0.2) is 4.79 Å². The van der Waals surface area contributed by atoms with Gasteiger partial charge in [-0.15, -0.1) is 0 Å². The van der Waals surface area contributed by atoms with Crippen molar-refractivity contribution in [3.63, 3.8) is 0 Å². The van der Waals surface area contributed by atoms with Crippen LogP contribution in [0, 0.1) is 0 Å². The Kier molecular flexibility index (Phi) is 6.00. The number of aromatic nitrogens is 2. The average molecular weight is 394 g/mol. The van der Waals surface area contributed by atoms with Crippen LogP contribution >= 0.6 is 11.6 Å². The number of ether oxygens (including phenoxy) is 1. The fourth-order valence-corrected chi connectivity index (χ4v) is 2.82. The van der Waals surface area contributed by atoms with Crippen molar-refractivity contribution in [2.24, 2.45) is 0 Å². The Bertz CT molecular complexity index is 739. The summed E-state index contributed by atoms with van der Waals surface area (Å²) >= 11 is 5.90. The highest BCUT2D eigenvalue weighted by Crippen LogP contribution is 2.47. The number of hydrogen-bond donors (Lipinski definition) is 1. The molecule has 2 rings (SSSR count). The van der Waals surface area contributed by atoms with Crippen molar-refractivity contribution >= 4 is 23.5 Å². The van der Waals surface area contributed by atoms with Crippen molar-refractivity contribution in [1.82, 2.24) is 15.1 Å². The predicted octanol–water partition coefficient (Wildman–Crippen LogP) is 3.58. The summed E-state index contributed by atoms with van der Waals surface area (Å²) in [6, 6.07) is -1.04. The number of rotatable bonds is 6. The third-order valence-electron chi connectivity index (χ3n) is 3.81. The van der Waals surface area contributed by atoms with Crippen molar-refractivity contribution in [1.29, 1.82) is 0 Å². The number of carbonyl (C=O) groups excluding carboxylic acids is 2. The van der Waals surface area contributed by atoms with Gasteiger partial charge in [-0.05, 0) is 33.6 Å². The maximum Gasteiger partial charge on any atom is 0.436 e. The molecule has 1 heterocycles. The second kappa shape index (κ2) is 7.69. The summed E-state index contributed by atoms with van der Waals surface area (Å²) in [6.45, 7) is 4.72. The molecule has 1 aromatic rings. The van der Waals surface area contributed by atoms with Gasteiger partial charge in [0.2, 0.25) is 5.91 Å². The van der Waals surface area contributed by atoms with Gasteiger partial charge in [0.1, 0.15) is 6.04 Å². The lowest BCUT2D eigenvalue weighted by Gasteiger charge is -2.16. The molecule has 0 radical (unpaired) electrons. The lowest BCUT2D eigenvalue weighted by atomic mass is 10.2. The van der Waals surface area contributed by atoms with Crippen LogP contribution in [0.4, 0.5) is 13.2 Å². The molecule has 1 unspecified atom stereocenters. The van der Waals surface area contributed by atoms with E-state index >= 15 is 0 Å². The summed E-state index contributed by atoms with van der Waals surface area (Å²) < 4.78 is 45.0. The van der Waals surface area contributed by atoms with E-state index in [0.717, 1.165) is 10.8 Å². The minimum atomic E-state index is -4.71. The van der Waals surface area contributed by atoms with Crippen LogP contribution in [0.3, 0.4) is 0 Å². The third kappa shape index (κ3) is 4.57. The lowest BCUT2D eigenvalue weighted by molar-refractivity contribution is -0.142. The number of halogens is 4. The van der Waals surface area contributed by atoms with Gasteiger partial charge in [-0.3, -0.25) is 9.48 Å². The molecule has 1 aliphatic rings. The van der Waals surface area contributed by atoms with Gasteiger partial charge >= 0.3 is 12.1 Å². The van der Waals surface area contributed by atoms with E-state index in [9.17, 15) is 22.8 Å². The Morgan fingerprint density at radius 2 is 2.08 bits per heavy atom. The molecule has 1 atom stereocenters. The average Bonchev–Trinajstić information content (AvgIpc) is 3.28. The van der Waals surface area contributed by atoms with Crippen LogP contribution in [0.2, 0.25) is 5.02 Å². The van der Waals surface area contributed by atoms with Crippen LogP contribution in [-0.4, -0.2) is 28.3 Å². The van der Waals surface area contributed by atoms with E-state index < -0.39 is 34.8 Å². The van der Waals surface area contributed by atoms with E-state index in [1.165, 1.54) is 13.8 Å². The van der Waals surface area contributed by atoms with Gasteiger partial charge in [0.15, 0.2) is 5.69 Å². The molecule has 26 heavy (non-hydrogen) atoms. The summed E-state index contributed by atoms with van der Waals surface area (Å²) in [5.41, 5.74) is -0.768. The second-order valence-electron chi connectivity index (χ2n) is 6.01. The summed E-state index contributed by atoms with van der Waals surface area (Å²) in [4.78, 5) is 23.7. The van der Waals surface area contributed by atoms with Crippen LogP contribution in [-0.2, 0) is 20.5 Å². The first-order chi connectivity index (χ1) is 12.1. The fraction of sp³-hybridized carbons (Fsp3) is 0.562. The highest BCUT2D eigenvalue weighted by atomic mass is 35.5. The number of hydrogen-bond acceptors (Lipinski definition) is 4. The first-order valence-electron chi connectivity index (χ1n) is 8.07. The number of alkyl halides is 3. The predicted molar refractivity (Wildman–Crippen MR) is 87.5 cm³/mol. The fourth-order valence-electron chi connectivity index (χ4n) is 2.43. The molecule has 1 fully saturated rings. The number of amides is 1. The van der Waals surface area contributed by atoms with Gasteiger partial charge in [-0.1, -0.05) is 11.6 Å². The summed E-state index contributed by atoms with van der Waals surface area (Å²) in [5, 5.41) is 5.55. The van der Waals surface area contributed by atoms with Gasteiger partial charge in [0.05, 0.1) is 17.3 Å². The Morgan fingerprint density at radius 1 is 1.46 bits per heavy atom. The van der Waals surface area contributed by atoms with E-state index in [0.29, 0.717) is 12.8 Å². The Hall–Kier alpha value is -2.03. The second-order valence-corrected chi connectivity index (χ2v) is 6.39. The van der Waals surface area contributed by atoms with Crippen molar-refractivity contribution in [3.05, 3.63) is 28.2 Å². The molecule has 1 amide bonds. The van der Waals surface area contributed by atoms with E-state index in [2.05, 4.69) is 10.4 Å².